The summed E-state index contributed by atoms with van der Waals surface area (Å²) >= 11 is 0. The minimum atomic E-state index is -0.253. The van der Waals surface area contributed by atoms with Crippen molar-refractivity contribution in [2.45, 2.75) is 19.8 Å². The van der Waals surface area contributed by atoms with E-state index in [-0.39, 0.29) is 24.3 Å². The van der Waals surface area contributed by atoms with Crippen molar-refractivity contribution in [2.75, 3.05) is 29.0 Å². The standard InChI is InChI=1S/C26H28N4O3/c1-2-3-15-27-25(32)20-11-7-13-22(16-20)29-24(31)18-28-21-12-8-14-23(17-21)30-26(33)19-9-5-4-6-10-19/h4-14,16-17,28H,2-3,15,18H2,1H3,(H,27,32)(H,29,31)(H,30,33). The third-order valence-corrected chi connectivity index (χ3v) is 4.83. The van der Waals surface area contributed by atoms with E-state index in [4.69, 9.17) is 0 Å². The number of benzene rings is 3. The fourth-order valence-electron chi connectivity index (χ4n) is 3.11. The van der Waals surface area contributed by atoms with Crippen LogP contribution in [0.2, 0.25) is 0 Å². The second-order valence-electron chi connectivity index (χ2n) is 7.49. The molecular formula is C26H28N4O3. The average molecular weight is 445 g/mol. The van der Waals surface area contributed by atoms with Gasteiger partial charge in [0.05, 0.1) is 6.54 Å². The van der Waals surface area contributed by atoms with E-state index in [1.54, 1.807) is 66.7 Å². The number of amides is 3. The van der Waals surface area contributed by atoms with E-state index in [0.29, 0.717) is 34.7 Å². The van der Waals surface area contributed by atoms with Gasteiger partial charge in [0.2, 0.25) is 5.91 Å². The summed E-state index contributed by atoms with van der Waals surface area (Å²) in [5.74, 6) is -0.617. The van der Waals surface area contributed by atoms with E-state index in [0.717, 1.165) is 12.8 Å². The topological polar surface area (TPSA) is 99.3 Å². The maximum absolute atomic E-state index is 12.4. The van der Waals surface area contributed by atoms with Crippen molar-refractivity contribution in [3.05, 3.63) is 90.0 Å². The lowest BCUT2D eigenvalue weighted by atomic mass is 10.2. The van der Waals surface area contributed by atoms with Gasteiger partial charge in [-0.2, -0.15) is 0 Å². The highest BCUT2D eigenvalue weighted by Crippen LogP contribution is 2.16. The van der Waals surface area contributed by atoms with Crippen molar-refractivity contribution >= 4 is 34.8 Å². The molecule has 0 unspecified atom stereocenters. The molecule has 0 spiro atoms. The van der Waals surface area contributed by atoms with Gasteiger partial charge in [0.15, 0.2) is 0 Å². The van der Waals surface area contributed by atoms with Crippen LogP contribution in [0, 0.1) is 0 Å². The van der Waals surface area contributed by atoms with Crippen LogP contribution in [-0.2, 0) is 4.79 Å². The molecule has 0 atom stereocenters. The molecule has 0 radical (unpaired) electrons. The molecule has 3 rings (SSSR count). The number of carbonyl (C=O) groups excluding carboxylic acids is 3. The van der Waals surface area contributed by atoms with Crippen LogP contribution < -0.4 is 21.3 Å². The van der Waals surface area contributed by atoms with Crippen molar-refractivity contribution in [1.82, 2.24) is 5.32 Å². The van der Waals surface area contributed by atoms with Crippen LogP contribution >= 0.6 is 0 Å². The Morgan fingerprint density at radius 2 is 1.36 bits per heavy atom. The number of rotatable bonds is 10. The maximum Gasteiger partial charge on any atom is 0.255 e. The van der Waals surface area contributed by atoms with E-state index in [1.807, 2.05) is 12.1 Å². The van der Waals surface area contributed by atoms with Gasteiger partial charge < -0.3 is 21.3 Å². The molecule has 7 heteroatoms. The van der Waals surface area contributed by atoms with Crippen LogP contribution in [0.4, 0.5) is 17.1 Å². The summed E-state index contributed by atoms with van der Waals surface area (Å²) in [6.45, 7) is 2.72. The normalized spacial score (nSPS) is 10.2. The highest BCUT2D eigenvalue weighted by molar-refractivity contribution is 6.04. The number of nitrogens with one attached hydrogen (secondary N) is 4. The van der Waals surface area contributed by atoms with E-state index >= 15 is 0 Å². The molecule has 0 heterocycles. The molecule has 0 saturated heterocycles. The first kappa shape index (κ1) is 23.5. The zero-order valence-electron chi connectivity index (χ0n) is 18.6. The molecule has 0 aliphatic rings. The summed E-state index contributed by atoms with van der Waals surface area (Å²) < 4.78 is 0. The van der Waals surface area contributed by atoms with Crippen LogP contribution in [0.3, 0.4) is 0 Å². The Hall–Kier alpha value is -4.13. The maximum atomic E-state index is 12.4. The van der Waals surface area contributed by atoms with Gasteiger partial charge in [-0.3, -0.25) is 14.4 Å². The molecule has 170 valence electrons. The molecular weight excluding hydrogens is 416 g/mol. The Balaban J connectivity index is 1.52. The zero-order chi connectivity index (χ0) is 23.5. The fourth-order valence-corrected chi connectivity index (χ4v) is 3.11. The van der Waals surface area contributed by atoms with E-state index in [1.165, 1.54) is 0 Å². The monoisotopic (exact) mass is 444 g/mol. The minimum Gasteiger partial charge on any atom is -0.376 e. The van der Waals surface area contributed by atoms with Gasteiger partial charge >= 0.3 is 0 Å². The number of hydrogen-bond acceptors (Lipinski definition) is 4. The molecule has 7 nitrogen and oxygen atoms in total. The van der Waals surface area contributed by atoms with E-state index in [9.17, 15) is 14.4 Å². The molecule has 0 aliphatic heterocycles. The molecule has 0 bridgehead atoms. The Bertz CT molecular complexity index is 1100. The Morgan fingerprint density at radius 3 is 2.12 bits per heavy atom. The highest BCUT2D eigenvalue weighted by atomic mass is 16.2. The van der Waals surface area contributed by atoms with Crippen molar-refractivity contribution in [1.29, 1.82) is 0 Å². The van der Waals surface area contributed by atoms with Gasteiger partial charge in [-0.05, 0) is 55.0 Å². The minimum absolute atomic E-state index is 0.0308. The summed E-state index contributed by atoms with van der Waals surface area (Å²) in [6.07, 6.45) is 1.93. The molecule has 0 aromatic heterocycles. The van der Waals surface area contributed by atoms with Crippen LogP contribution in [0.1, 0.15) is 40.5 Å². The van der Waals surface area contributed by atoms with Crippen LogP contribution in [-0.4, -0.2) is 30.8 Å². The highest BCUT2D eigenvalue weighted by Gasteiger charge is 2.09. The fraction of sp³-hybridized carbons (Fsp3) is 0.192. The van der Waals surface area contributed by atoms with Gasteiger partial charge in [0.25, 0.3) is 11.8 Å². The van der Waals surface area contributed by atoms with Crippen LogP contribution in [0.25, 0.3) is 0 Å². The molecule has 3 aromatic carbocycles. The van der Waals surface area contributed by atoms with Crippen molar-refractivity contribution in [3.63, 3.8) is 0 Å². The molecule has 33 heavy (non-hydrogen) atoms. The van der Waals surface area contributed by atoms with E-state index < -0.39 is 0 Å². The molecule has 4 N–H and O–H groups in total. The molecule has 0 fully saturated rings. The first-order chi connectivity index (χ1) is 16.0. The molecule has 3 aromatic rings. The number of unbranched alkanes of at least 4 members (excludes halogenated alkanes) is 1. The summed E-state index contributed by atoms with van der Waals surface area (Å²) in [7, 11) is 0. The predicted octanol–water partition coefficient (Wildman–Crippen LogP) is 4.52. The lowest BCUT2D eigenvalue weighted by Crippen LogP contribution is -2.25. The van der Waals surface area contributed by atoms with Gasteiger partial charge in [-0.25, -0.2) is 0 Å². The van der Waals surface area contributed by atoms with E-state index in [2.05, 4.69) is 28.2 Å². The van der Waals surface area contributed by atoms with Crippen LogP contribution in [0.5, 0.6) is 0 Å². The number of hydrogen-bond donors (Lipinski definition) is 4. The number of anilines is 3. The lowest BCUT2D eigenvalue weighted by molar-refractivity contribution is -0.114. The second-order valence-corrected chi connectivity index (χ2v) is 7.49. The molecule has 0 aliphatic carbocycles. The molecule has 3 amide bonds. The Kier molecular flexibility index (Phi) is 8.59. The first-order valence-electron chi connectivity index (χ1n) is 10.9. The third kappa shape index (κ3) is 7.50. The summed E-state index contributed by atoms with van der Waals surface area (Å²) in [4.78, 5) is 36.9. The Labute approximate surface area is 193 Å². The van der Waals surface area contributed by atoms with Crippen LogP contribution in [0.15, 0.2) is 78.9 Å². The average Bonchev–Trinajstić information content (AvgIpc) is 2.84. The predicted molar refractivity (Wildman–Crippen MR) is 132 cm³/mol. The number of carbonyl (C=O) groups is 3. The summed E-state index contributed by atoms with van der Waals surface area (Å²) in [5, 5.41) is 11.5. The van der Waals surface area contributed by atoms with Crippen molar-refractivity contribution < 1.29 is 14.4 Å². The summed E-state index contributed by atoms with van der Waals surface area (Å²) in [5.41, 5.74) is 2.93. The quantitative estimate of drug-likeness (QED) is 0.346. The lowest BCUT2D eigenvalue weighted by Gasteiger charge is -2.11. The van der Waals surface area contributed by atoms with Crippen molar-refractivity contribution in [3.8, 4) is 0 Å². The van der Waals surface area contributed by atoms with Gasteiger partial charge in [0.1, 0.15) is 0 Å². The zero-order valence-corrected chi connectivity index (χ0v) is 18.6. The van der Waals surface area contributed by atoms with Gasteiger partial charge in [0, 0.05) is 34.7 Å². The van der Waals surface area contributed by atoms with Gasteiger partial charge in [-0.15, -0.1) is 0 Å². The van der Waals surface area contributed by atoms with Crippen molar-refractivity contribution in [2.24, 2.45) is 0 Å². The smallest absolute Gasteiger partial charge is 0.255 e. The molecule has 0 saturated carbocycles. The SMILES string of the molecule is CCCCNC(=O)c1cccc(NC(=O)CNc2cccc(NC(=O)c3ccccc3)c2)c1. The first-order valence-corrected chi connectivity index (χ1v) is 10.9. The largest absolute Gasteiger partial charge is 0.376 e. The Morgan fingerprint density at radius 1 is 0.697 bits per heavy atom. The summed E-state index contributed by atoms with van der Waals surface area (Å²) in [6, 6.07) is 22.9. The second kappa shape index (κ2) is 12.0. The van der Waals surface area contributed by atoms with Gasteiger partial charge in [-0.1, -0.05) is 43.7 Å². The third-order valence-electron chi connectivity index (χ3n) is 4.83.